The van der Waals surface area contributed by atoms with E-state index in [1.807, 2.05) is 0 Å². The topological polar surface area (TPSA) is 24.5 Å². The van der Waals surface area contributed by atoms with E-state index in [4.69, 9.17) is 4.74 Å². The summed E-state index contributed by atoms with van der Waals surface area (Å²) in [4.78, 5) is 2.57. The lowest BCUT2D eigenvalue weighted by Crippen LogP contribution is -2.45. The van der Waals surface area contributed by atoms with Gasteiger partial charge in [-0.1, -0.05) is 20.8 Å². The summed E-state index contributed by atoms with van der Waals surface area (Å²) in [6, 6.07) is 0.613. The lowest BCUT2D eigenvalue weighted by Gasteiger charge is -2.35. The zero-order valence-electron chi connectivity index (χ0n) is 12.7. The third-order valence-electron chi connectivity index (χ3n) is 3.86. The molecule has 0 radical (unpaired) electrons. The van der Waals surface area contributed by atoms with Crippen LogP contribution in [0.2, 0.25) is 0 Å². The van der Waals surface area contributed by atoms with Gasteiger partial charge in [-0.25, -0.2) is 0 Å². The molecule has 3 heteroatoms. The third kappa shape index (κ3) is 6.17. The van der Waals surface area contributed by atoms with Crippen LogP contribution in [0, 0.1) is 11.8 Å². The van der Waals surface area contributed by atoms with Gasteiger partial charge < -0.3 is 15.0 Å². The largest absolute Gasteiger partial charge is 0.380 e. The smallest absolute Gasteiger partial charge is 0.0591 e. The predicted octanol–water partition coefficient (Wildman–Crippen LogP) is 2.37. The van der Waals surface area contributed by atoms with E-state index in [-0.39, 0.29) is 0 Å². The molecule has 3 nitrogen and oxygen atoms in total. The lowest BCUT2D eigenvalue weighted by atomic mass is 9.91. The number of likely N-dealkylation sites (tertiary alicyclic amines) is 1. The van der Waals surface area contributed by atoms with Crippen molar-refractivity contribution in [3.8, 4) is 0 Å². The summed E-state index contributed by atoms with van der Waals surface area (Å²) in [7, 11) is 0. The Morgan fingerprint density at radius 2 is 2.11 bits per heavy atom. The highest BCUT2D eigenvalue weighted by Crippen LogP contribution is 2.19. The van der Waals surface area contributed by atoms with Crippen LogP contribution in [0.1, 0.15) is 40.5 Å². The van der Waals surface area contributed by atoms with Crippen molar-refractivity contribution in [1.82, 2.24) is 10.2 Å². The Labute approximate surface area is 113 Å². The molecule has 1 N–H and O–H groups in total. The summed E-state index contributed by atoms with van der Waals surface area (Å²) < 4.78 is 5.60. The van der Waals surface area contributed by atoms with Gasteiger partial charge in [0.15, 0.2) is 0 Å². The number of nitrogens with zero attached hydrogens (tertiary/aromatic N) is 1. The van der Waals surface area contributed by atoms with Crippen molar-refractivity contribution < 1.29 is 4.74 Å². The van der Waals surface area contributed by atoms with Gasteiger partial charge in [-0.15, -0.1) is 0 Å². The van der Waals surface area contributed by atoms with Crippen molar-refractivity contribution in [3.63, 3.8) is 0 Å². The summed E-state index contributed by atoms with van der Waals surface area (Å²) in [6.07, 6.45) is 2.73. The van der Waals surface area contributed by atoms with Gasteiger partial charge in [0.05, 0.1) is 6.61 Å². The second-order valence-corrected chi connectivity index (χ2v) is 6.01. The predicted molar refractivity (Wildman–Crippen MR) is 78.0 cm³/mol. The van der Waals surface area contributed by atoms with Crippen molar-refractivity contribution >= 4 is 0 Å². The summed E-state index contributed by atoms with van der Waals surface area (Å²) in [5, 5.41) is 3.62. The van der Waals surface area contributed by atoms with Crippen LogP contribution in [0.4, 0.5) is 0 Å². The standard InChI is InChI=1S/C15H32N2O/c1-5-17-9-6-7-15(11-17)14(4)16-8-10-18-12-13(2)3/h13-16H,5-12H2,1-4H3. The molecular formula is C15H32N2O. The van der Waals surface area contributed by atoms with Crippen LogP contribution in [-0.2, 0) is 4.74 Å². The van der Waals surface area contributed by atoms with Crippen molar-refractivity contribution in [2.75, 3.05) is 39.4 Å². The Hall–Kier alpha value is -0.120. The average Bonchev–Trinajstić information content (AvgIpc) is 2.37. The molecule has 0 amide bonds. The fourth-order valence-electron chi connectivity index (χ4n) is 2.63. The maximum absolute atomic E-state index is 5.60. The molecule has 1 aliphatic heterocycles. The monoisotopic (exact) mass is 256 g/mol. The van der Waals surface area contributed by atoms with Gasteiger partial charge in [-0.05, 0) is 44.7 Å². The van der Waals surface area contributed by atoms with Crippen molar-refractivity contribution in [1.29, 1.82) is 0 Å². The third-order valence-corrected chi connectivity index (χ3v) is 3.86. The van der Waals surface area contributed by atoms with E-state index >= 15 is 0 Å². The van der Waals surface area contributed by atoms with Gasteiger partial charge in [-0.3, -0.25) is 0 Å². The van der Waals surface area contributed by atoms with E-state index in [0.29, 0.717) is 12.0 Å². The van der Waals surface area contributed by atoms with Gasteiger partial charge in [0.1, 0.15) is 0 Å². The minimum absolute atomic E-state index is 0.613. The van der Waals surface area contributed by atoms with E-state index in [0.717, 1.165) is 25.7 Å². The van der Waals surface area contributed by atoms with Crippen LogP contribution < -0.4 is 5.32 Å². The molecular weight excluding hydrogens is 224 g/mol. The van der Waals surface area contributed by atoms with Crippen LogP contribution in [0.25, 0.3) is 0 Å². The van der Waals surface area contributed by atoms with Gasteiger partial charge in [0.2, 0.25) is 0 Å². The molecule has 2 atom stereocenters. The van der Waals surface area contributed by atoms with Gasteiger partial charge in [-0.2, -0.15) is 0 Å². The first-order valence-corrected chi connectivity index (χ1v) is 7.67. The number of hydrogen-bond donors (Lipinski definition) is 1. The number of ether oxygens (including phenoxy) is 1. The van der Waals surface area contributed by atoms with E-state index in [1.165, 1.54) is 32.5 Å². The minimum atomic E-state index is 0.613. The highest BCUT2D eigenvalue weighted by Gasteiger charge is 2.23. The molecule has 108 valence electrons. The first kappa shape index (κ1) is 15.9. The number of piperidine rings is 1. The fourth-order valence-corrected chi connectivity index (χ4v) is 2.63. The van der Waals surface area contributed by atoms with Gasteiger partial charge in [0, 0.05) is 25.7 Å². The van der Waals surface area contributed by atoms with Crippen LogP contribution in [0.5, 0.6) is 0 Å². The van der Waals surface area contributed by atoms with E-state index in [1.54, 1.807) is 0 Å². The van der Waals surface area contributed by atoms with Crippen molar-refractivity contribution in [3.05, 3.63) is 0 Å². The quantitative estimate of drug-likeness (QED) is 0.675. The second-order valence-electron chi connectivity index (χ2n) is 6.01. The molecule has 0 spiro atoms. The van der Waals surface area contributed by atoms with Crippen LogP contribution in [0.3, 0.4) is 0 Å². The number of hydrogen-bond acceptors (Lipinski definition) is 3. The zero-order valence-corrected chi connectivity index (χ0v) is 12.7. The summed E-state index contributed by atoms with van der Waals surface area (Å²) in [5.74, 6) is 1.45. The maximum Gasteiger partial charge on any atom is 0.0591 e. The second kappa shape index (κ2) is 8.89. The zero-order chi connectivity index (χ0) is 13.4. The molecule has 18 heavy (non-hydrogen) atoms. The molecule has 0 saturated carbocycles. The molecule has 0 bridgehead atoms. The van der Waals surface area contributed by atoms with Gasteiger partial charge >= 0.3 is 0 Å². The number of rotatable bonds is 8. The van der Waals surface area contributed by atoms with Gasteiger partial charge in [0.25, 0.3) is 0 Å². The van der Waals surface area contributed by atoms with E-state index in [9.17, 15) is 0 Å². The van der Waals surface area contributed by atoms with E-state index < -0.39 is 0 Å². The summed E-state index contributed by atoms with van der Waals surface area (Å²) >= 11 is 0. The fraction of sp³-hybridized carbons (Fsp3) is 1.00. The molecule has 1 rings (SSSR count). The molecule has 2 unspecified atom stereocenters. The Morgan fingerprint density at radius 3 is 2.78 bits per heavy atom. The van der Waals surface area contributed by atoms with Crippen LogP contribution in [0.15, 0.2) is 0 Å². The molecule has 1 saturated heterocycles. The average molecular weight is 256 g/mol. The molecule has 0 aromatic heterocycles. The summed E-state index contributed by atoms with van der Waals surface area (Å²) in [5.41, 5.74) is 0. The Morgan fingerprint density at radius 1 is 1.33 bits per heavy atom. The molecule has 1 heterocycles. The summed E-state index contributed by atoms with van der Waals surface area (Å²) in [6.45, 7) is 15.4. The van der Waals surface area contributed by atoms with E-state index in [2.05, 4.69) is 37.9 Å². The Kier molecular flexibility index (Phi) is 7.87. The highest BCUT2D eigenvalue weighted by molar-refractivity contribution is 4.79. The molecule has 1 fully saturated rings. The van der Waals surface area contributed by atoms with Crippen LogP contribution in [-0.4, -0.2) is 50.3 Å². The lowest BCUT2D eigenvalue weighted by molar-refractivity contribution is 0.104. The Bertz CT molecular complexity index is 209. The molecule has 0 aromatic rings. The number of nitrogens with one attached hydrogen (secondary N) is 1. The van der Waals surface area contributed by atoms with Crippen LogP contribution >= 0.6 is 0 Å². The highest BCUT2D eigenvalue weighted by atomic mass is 16.5. The molecule has 0 aliphatic carbocycles. The SMILES string of the molecule is CCN1CCCC(C(C)NCCOCC(C)C)C1. The molecule has 1 aliphatic rings. The first-order valence-electron chi connectivity index (χ1n) is 7.67. The minimum Gasteiger partial charge on any atom is -0.380 e. The first-order chi connectivity index (χ1) is 8.63. The molecule has 0 aromatic carbocycles. The normalized spacial score (nSPS) is 23.5. The maximum atomic E-state index is 5.60. The Balaban J connectivity index is 2.10. The van der Waals surface area contributed by atoms with Crippen molar-refractivity contribution in [2.45, 2.75) is 46.6 Å². The van der Waals surface area contributed by atoms with Crippen molar-refractivity contribution in [2.24, 2.45) is 11.8 Å².